The van der Waals surface area contributed by atoms with Gasteiger partial charge in [-0.05, 0) is 82.9 Å². The van der Waals surface area contributed by atoms with Gasteiger partial charge in [0.05, 0.1) is 10.6 Å². The number of ether oxygens (including phenoxy) is 1. The molecule has 1 N–H and O–H groups in total. The second-order valence-corrected chi connectivity index (χ2v) is 10.8. The predicted octanol–water partition coefficient (Wildman–Crippen LogP) is 5.27. The summed E-state index contributed by atoms with van der Waals surface area (Å²) < 4.78 is 5.51. The Balaban J connectivity index is 1.48. The van der Waals surface area contributed by atoms with Gasteiger partial charge < -0.3 is 19.9 Å². The van der Waals surface area contributed by atoms with Gasteiger partial charge in [0.15, 0.2) is 0 Å². The molecule has 3 rings (SSSR count). The lowest BCUT2D eigenvalue weighted by Gasteiger charge is -2.34. The van der Waals surface area contributed by atoms with E-state index in [0.717, 1.165) is 38.0 Å². The molecule has 0 unspecified atom stereocenters. The van der Waals surface area contributed by atoms with E-state index in [0.29, 0.717) is 28.0 Å². The third kappa shape index (κ3) is 5.85. The molecule has 6 nitrogen and oxygen atoms in total. The molecule has 1 saturated heterocycles. The van der Waals surface area contributed by atoms with Gasteiger partial charge in [0.25, 0.3) is 5.91 Å². The van der Waals surface area contributed by atoms with Crippen LogP contribution in [0.2, 0.25) is 5.02 Å². The van der Waals surface area contributed by atoms with Crippen LogP contribution in [0.1, 0.15) is 63.7 Å². The number of anilines is 1. The summed E-state index contributed by atoms with van der Waals surface area (Å²) in [6.07, 6.45) is 4.23. The maximum Gasteiger partial charge on any atom is 0.410 e. The van der Waals surface area contributed by atoms with Gasteiger partial charge in [0.1, 0.15) is 5.60 Å². The van der Waals surface area contributed by atoms with E-state index in [4.69, 9.17) is 16.3 Å². The number of halogens is 1. The third-order valence-corrected chi connectivity index (χ3v) is 6.74. The van der Waals surface area contributed by atoms with Gasteiger partial charge in [-0.25, -0.2) is 4.79 Å². The minimum Gasteiger partial charge on any atom is -0.444 e. The van der Waals surface area contributed by atoms with Crippen LogP contribution >= 0.6 is 11.6 Å². The smallest absolute Gasteiger partial charge is 0.410 e. The van der Waals surface area contributed by atoms with E-state index in [2.05, 4.69) is 12.2 Å². The molecule has 2 atom stereocenters. The van der Waals surface area contributed by atoms with Gasteiger partial charge >= 0.3 is 6.09 Å². The summed E-state index contributed by atoms with van der Waals surface area (Å²) >= 11 is 6.34. The zero-order chi connectivity index (χ0) is 23.0. The van der Waals surface area contributed by atoms with Gasteiger partial charge in [-0.1, -0.05) is 11.6 Å². The van der Waals surface area contributed by atoms with E-state index in [1.807, 2.05) is 37.8 Å². The van der Waals surface area contributed by atoms with Gasteiger partial charge in [-0.3, -0.25) is 4.79 Å². The minimum atomic E-state index is -0.448. The van der Waals surface area contributed by atoms with E-state index in [1.165, 1.54) is 11.3 Å². The van der Waals surface area contributed by atoms with Crippen molar-refractivity contribution in [1.82, 2.24) is 9.80 Å². The lowest BCUT2D eigenvalue weighted by atomic mass is 9.89. The summed E-state index contributed by atoms with van der Waals surface area (Å²) in [5.74, 6) is 0.586. The molecule has 31 heavy (non-hydrogen) atoms. The van der Waals surface area contributed by atoms with Crippen molar-refractivity contribution in [3.63, 3.8) is 0 Å². The number of amides is 2. The van der Waals surface area contributed by atoms with E-state index in [-0.39, 0.29) is 12.0 Å². The van der Waals surface area contributed by atoms with Crippen LogP contribution in [0.3, 0.4) is 0 Å². The SMILES string of the molecule is C[C@@H](C[C@@H]1CC12CCN(C(=O)OC(C)(C)C)CC2)Nc1ccc(C(=O)N(C)C)c(Cl)c1. The summed E-state index contributed by atoms with van der Waals surface area (Å²) in [5, 5.41) is 4.00. The number of carbonyl (C=O) groups excluding carboxylic acids is 2. The largest absolute Gasteiger partial charge is 0.444 e. The van der Waals surface area contributed by atoms with Crippen molar-refractivity contribution >= 4 is 29.3 Å². The van der Waals surface area contributed by atoms with Crippen molar-refractivity contribution in [1.29, 1.82) is 0 Å². The first-order chi connectivity index (χ1) is 14.4. The number of carbonyl (C=O) groups is 2. The summed E-state index contributed by atoms with van der Waals surface area (Å²) in [7, 11) is 3.44. The van der Waals surface area contributed by atoms with E-state index in [1.54, 1.807) is 20.2 Å². The molecule has 7 heteroatoms. The number of hydrogen-bond acceptors (Lipinski definition) is 4. The normalized spacial score (nSPS) is 20.9. The Labute approximate surface area is 191 Å². The second-order valence-electron chi connectivity index (χ2n) is 10.4. The number of nitrogens with zero attached hydrogens (tertiary/aromatic N) is 2. The second kappa shape index (κ2) is 8.89. The number of nitrogens with one attached hydrogen (secondary N) is 1. The summed E-state index contributed by atoms with van der Waals surface area (Å²) in [4.78, 5) is 27.8. The highest BCUT2D eigenvalue weighted by Gasteiger charge is 2.55. The molecule has 1 aromatic carbocycles. The van der Waals surface area contributed by atoms with Crippen LogP contribution in [0.15, 0.2) is 18.2 Å². The molecule has 172 valence electrons. The molecule has 2 amide bonds. The zero-order valence-electron chi connectivity index (χ0n) is 19.6. The maximum atomic E-state index is 12.3. The zero-order valence-corrected chi connectivity index (χ0v) is 20.4. The summed E-state index contributed by atoms with van der Waals surface area (Å²) in [6, 6.07) is 5.84. The molecule has 1 spiro atoms. The number of benzene rings is 1. The van der Waals surface area contributed by atoms with Crippen LogP contribution in [-0.4, -0.2) is 60.6 Å². The Hall–Kier alpha value is -1.95. The molecule has 1 heterocycles. The van der Waals surface area contributed by atoms with Crippen molar-refractivity contribution in [2.45, 2.75) is 65.0 Å². The Morgan fingerprint density at radius 3 is 2.48 bits per heavy atom. The molecule has 0 bridgehead atoms. The molecule has 0 aromatic heterocycles. The highest BCUT2D eigenvalue weighted by atomic mass is 35.5. The van der Waals surface area contributed by atoms with Crippen molar-refractivity contribution in [3.05, 3.63) is 28.8 Å². The molecule has 0 radical (unpaired) electrons. The number of rotatable bonds is 5. The van der Waals surface area contributed by atoms with Crippen LogP contribution in [0.4, 0.5) is 10.5 Å². The summed E-state index contributed by atoms with van der Waals surface area (Å²) in [5.41, 5.74) is 1.38. The Morgan fingerprint density at radius 2 is 1.94 bits per heavy atom. The standard InChI is InChI=1S/C24H36ClN3O3/c1-16(26-18-7-8-19(20(25)14-18)21(29)27(5)6)13-17-15-24(17)9-11-28(12-10-24)22(30)31-23(2,3)4/h7-8,14,16-17,26H,9-13,15H2,1-6H3/t16-,17+/m0/s1. The first-order valence-electron chi connectivity index (χ1n) is 11.2. The predicted molar refractivity (Wildman–Crippen MR) is 125 cm³/mol. The van der Waals surface area contributed by atoms with Crippen LogP contribution in [-0.2, 0) is 4.74 Å². The van der Waals surface area contributed by atoms with Gasteiger partial charge in [-0.2, -0.15) is 0 Å². The van der Waals surface area contributed by atoms with Gasteiger partial charge in [-0.15, -0.1) is 0 Å². The van der Waals surface area contributed by atoms with Crippen molar-refractivity contribution in [2.75, 3.05) is 32.5 Å². The molecule has 2 aliphatic rings. The fourth-order valence-corrected chi connectivity index (χ4v) is 4.89. The number of hydrogen-bond donors (Lipinski definition) is 1. The van der Waals surface area contributed by atoms with E-state index >= 15 is 0 Å². The van der Waals surface area contributed by atoms with Crippen molar-refractivity contribution < 1.29 is 14.3 Å². The highest BCUT2D eigenvalue weighted by molar-refractivity contribution is 6.34. The van der Waals surface area contributed by atoms with Crippen LogP contribution < -0.4 is 5.32 Å². The van der Waals surface area contributed by atoms with Crippen LogP contribution in [0.5, 0.6) is 0 Å². The maximum absolute atomic E-state index is 12.3. The fraction of sp³-hybridized carbons (Fsp3) is 0.667. The first kappa shape index (κ1) is 23.7. The lowest BCUT2D eigenvalue weighted by Crippen LogP contribution is -2.42. The van der Waals surface area contributed by atoms with Gasteiger partial charge in [0.2, 0.25) is 0 Å². The fourth-order valence-electron chi connectivity index (χ4n) is 4.63. The molecule has 1 aliphatic carbocycles. The summed E-state index contributed by atoms with van der Waals surface area (Å²) in [6.45, 7) is 9.47. The lowest BCUT2D eigenvalue weighted by molar-refractivity contribution is 0.0164. The Kier molecular flexibility index (Phi) is 6.80. The van der Waals surface area contributed by atoms with E-state index < -0.39 is 5.60 Å². The third-order valence-electron chi connectivity index (χ3n) is 6.43. The molecule has 1 aromatic rings. The monoisotopic (exact) mass is 449 g/mol. The Bertz CT molecular complexity index is 826. The molecular formula is C24H36ClN3O3. The Morgan fingerprint density at radius 1 is 1.29 bits per heavy atom. The van der Waals surface area contributed by atoms with Crippen molar-refractivity contribution in [2.24, 2.45) is 11.3 Å². The molecule has 2 fully saturated rings. The number of piperidine rings is 1. The van der Waals surface area contributed by atoms with Gasteiger partial charge in [0, 0.05) is 38.9 Å². The molecule has 1 aliphatic heterocycles. The molecular weight excluding hydrogens is 414 g/mol. The van der Waals surface area contributed by atoms with Crippen LogP contribution in [0, 0.1) is 11.3 Å². The number of likely N-dealkylation sites (tertiary alicyclic amines) is 1. The quantitative estimate of drug-likeness (QED) is 0.665. The first-order valence-corrected chi connectivity index (χ1v) is 11.5. The van der Waals surface area contributed by atoms with Crippen LogP contribution in [0.25, 0.3) is 0 Å². The van der Waals surface area contributed by atoms with Crippen molar-refractivity contribution in [3.8, 4) is 0 Å². The molecule has 1 saturated carbocycles. The average molecular weight is 450 g/mol. The topological polar surface area (TPSA) is 61.9 Å². The average Bonchev–Trinajstić information content (AvgIpc) is 3.30. The van der Waals surface area contributed by atoms with E-state index in [9.17, 15) is 9.59 Å². The highest BCUT2D eigenvalue weighted by Crippen LogP contribution is 2.61. The minimum absolute atomic E-state index is 0.0951.